The number of fused-ring (bicyclic) bond motifs is 1. The van der Waals surface area contributed by atoms with Crippen molar-refractivity contribution < 1.29 is 0 Å². The van der Waals surface area contributed by atoms with Crippen molar-refractivity contribution in [1.29, 1.82) is 0 Å². The molecule has 0 saturated carbocycles. The van der Waals surface area contributed by atoms with Crippen molar-refractivity contribution in [2.75, 3.05) is 11.5 Å². The van der Waals surface area contributed by atoms with E-state index in [0.717, 1.165) is 0 Å². The van der Waals surface area contributed by atoms with Gasteiger partial charge in [0.25, 0.3) is 0 Å². The predicted molar refractivity (Wildman–Crippen MR) is 39.6 cm³/mol. The second kappa shape index (κ2) is 1.82. The summed E-state index contributed by atoms with van der Waals surface area (Å²) in [5, 5.41) is 3.87. The fourth-order valence-electron chi connectivity index (χ4n) is 0.865. The molecule has 0 saturated heterocycles. The summed E-state index contributed by atoms with van der Waals surface area (Å²) in [6.07, 6.45) is 1.58. The third kappa shape index (κ3) is 0.759. The van der Waals surface area contributed by atoms with E-state index in [1.54, 1.807) is 12.3 Å². The van der Waals surface area contributed by atoms with Crippen LogP contribution in [0.15, 0.2) is 12.3 Å². The van der Waals surface area contributed by atoms with Crippen molar-refractivity contribution in [1.82, 2.24) is 19.6 Å². The topological polar surface area (TPSA) is 95.1 Å². The van der Waals surface area contributed by atoms with Gasteiger partial charge in [-0.05, 0) is 0 Å². The summed E-state index contributed by atoms with van der Waals surface area (Å²) < 4.78 is 1.41. The Kier molecular flexibility index (Phi) is 0.974. The highest BCUT2D eigenvalue weighted by atomic mass is 15.3. The van der Waals surface area contributed by atoms with Gasteiger partial charge in [0.1, 0.15) is 0 Å². The van der Waals surface area contributed by atoms with Gasteiger partial charge in [-0.1, -0.05) is 0 Å². The Morgan fingerprint density at radius 3 is 2.91 bits per heavy atom. The molecule has 0 atom stereocenters. The van der Waals surface area contributed by atoms with Gasteiger partial charge in [0.15, 0.2) is 5.65 Å². The number of hydrogen-bond acceptors (Lipinski definition) is 5. The van der Waals surface area contributed by atoms with Crippen LogP contribution < -0.4 is 11.5 Å². The van der Waals surface area contributed by atoms with E-state index in [9.17, 15) is 0 Å². The number of nitrogens with zero attached hydrogens (tertiary/aromatic N) is 4. The van der Waals surface area contributed by atoms with Crippen LogP contribution in [0.1, 0.15) is 0 Å². The third-order valence-electron chi connectivity index (χ3n) is 1.30. The van der Waals surface area contributed by atoms with Gasteiger partial charge in [0.05, 0.1) is 6.20 Å². The van der Waals surface area contributed by atoms with Crippen molar-refractivity contribution in [3.8, 4) is 0 Å². The van der Waals surface area contributed by atoms with Gasteiger partial charge in [-0.2, -0.15) is 19.6 Å². The molecule has 56 valence electrons. The molecule has 0 radical (unpaired) electrons. The first-order valence-electron chi connectivity index (χ1n) is 3.00. The largest absolute Gasteiger partial charge is 0.368 e. The molecule has 0 fully saturated rings. The molecule has 0 aromatic carbocycles. The SMILES string of the molecule is Nc1nc(N)n2nccc2n1. The van der Waals surface area contributed by atoms with Crippen LogP contribution >= 0.6 is 0 Å². The van der Waals surface area contributed by atoms with E-state index < -0.39 is 0 Å². The van der Waals surface area contributed by atoms with Crippen LogP contribution in [0.3, 0.4) is 0 Å². The fourth-order valence-corrected chi connectivity index (χ4v) is 0.865. The standard InChI is InChI=1S/C5H6N6/c6-4-9-3-1-2-8-11(3)5(7)10-4/h1-2H,(H4,6,7,9,10). The van der Waals surface area contributed by atoms with E-state index in [4.69, 9.17) is 11.5 Å². The molecule has 0 amide bonds. The number of nitrogens with two attached hydrogens (primary N) is 2. The molecule has 2 rings (SSSR count). The lowest BCUT2D eigenvalue weighted by molar-refractivity contribution is 0.915. The van der Waals surface area contributed by atoms with Gasteiger partial charge >= 0.3 is 0 Å². The number of anilines is 2. The Morgan fingerprint density at radius 2 is 2.09 bits per heavy atom. The van der Waals surface area contributed by atoms with Gasteiger partial charge in [-0.3, -0.25) is 0 Å². The number of nitrogen functional groups attached to an aromatic ring is 2. The Hall–Kier alpha value is -1.85. The molecule has 0 spiro atoms. The summed E-state index contributed by atoms with van der Waals surface area (Å²) in [6, 6.07) is 1.70. The molecule has 11 heavy (non-hydrogen) atoms. The van der Waals surface area contributed by atoms with Crippen LogP contribution in [-0.4, -0.2) is 19.6 Å². The first kappa shape index (κ1) is 5.90. The normalized spacial score (nSPS) is 10.5. The molecule has 0 aliphatic heterocycles. The van der Waals surface area contributed by atoms with E-state index in [1.807, 2.05) is 0 Å². The Morgan fingerprint density at radius 1 is 1.27 bits per heavy atom. The molecule has 6 heteroatoms. The molecule has 0 aliphatic rings. The minimum atomic E-state index is 0.163. The van der Waals surface area contributed by atoms with Crippen LogP contribution in [0.5, 0.6) is 0 Å². The lowest BCUT2D eigenvalue weighted by Crippen LogP contribution is -2.06. The average molecular weight is 150 g/mol. The van der Waals surface area contributed by atoms with Crippen molar-refractivity contribution >= 4 is 17.5 Å². The second-order valence-corrected chi connectivity index (χ2v) is 2.04. The monoisotopic (exact) mass is 150 g/mol. The molecule has 0 bridgehead atoms. The summed E-state index contributed by atoms with van der Waals surface area (Å²) in [5.74, 6) is 0.410. The van der Waals surface area contributed by atoms with Crippen LogP contribution in [0.2, 0.25) is 0 Å². The molecular weight excluding hydrogens is 144 g/mol. The van der Waals surface area contributed by atoms with E-state index in [1.165, 1.54) is 4.52 Å². The quantitative estimate of drug-likeness (QED) is 0.517. The van der Waals surface area contributed by atoms with E-state index >= 15 is 0 Å². The third-order valence-corrected chi connectivity index (χ3v) is 1.30. The summed E-state index contributed by atoms with van der Waals surface area (Å²) in [5.41, 5.74) is 11.4. The highest BCUT2D eigenvalue weighted by Crippen LogP contribution is 2.03. The molecule has 4 N–H and O–H groups in total. The number of rotatable bonds is 0. The fraction of sp³-hybridized carbons (Fsp3) is 0. The first-order valence-corrected chi connectivity index (χ1v) is 3.00. The summed E-state index contributed by atoms with van der Waals surface area (Å²) in [4.78, 5) is 7.60. The van der Waals surface area contributed by atoms with Crippen LogP contribution in [0, 0.1) is 0 Å². The summed E-state index contributed by atoms with van der Waals surface area (Å²) in [6.45, 7) is 0. The predicted octanol–water partition coefficient (Wildman–Crippen LogP) is -0.711. The highest BCUT2D eigenvalue weighted by molar-refractivity contribution is 5.45. The van der Waals surface area contributed by atoms with Crippen LogP contribution in [-0.2, 0) is 0 Å². The zero-order chi connectivity index (χ0) is 7.84. The van der Waals surface area contributed by atoms with Gasteiger partial charge in [-0.25, -0.2) is 0 Å². The maximum Gasteiger partial charge on any atom is 0.226 e. The van der Waals surface area contributed by atoms with Crippen molar-refractivity contribution in [2.24, 2.45) is 0 Å². The molecule has 2 aromatic heterocycles. The van der Waals surface area contributed by atoms with Crippen molar-refractivity contribution in [2.45, 2.75) is 0 Å². The molecule has 0 unspecified atom stereocenters. The molecule has 2 heterocycles. The second-order valence-electron chi connectivity index (χ2n) is 2.04. The minimum Gasteiger partial charge on any atom is -0.368 e. The smallest absolute Gasteiger partial charge is 0.226 e. The Balaban J connectivity index is 2.91. The Bertz CT molecular complexity index is 391. The van der Waals surface area contributed by atoms with Gasteiger partial charge in [-0.15, -0.1) is 0 Å². The van der Waals surface area contributed by atoms with Crippen LogP contribution in [0.4, 0.5) is 11.9 Å². The van der Waals surface area contributed by atoms with Gasteiger partial charge < -0.3 is 11.5 Å². The van der Waals surface area contributed by atoms with Gasteiger partial charge in [0, 0.05) is 6.07 Å². The molecule has 0 aliphatic carbocycles. The minimum absolute atomic E-state index is 0.163. The van der Waals surface area contributed by atoms with E-state index in [-0.39, 0.29) is 11.9 Å². The average Bonchev–Trinajstić information content (AvgIpc) is 2.34. The molecular formula is C5H6N6. The van der Waals surface area contributed by atoms with Crippen molar-refractivity contribution in [3.05, 3.63) is 12.3 Å². The van der Waals surface area contributed by atoms with Crippen molar-refractivity contribution in [3.63, 3.8) is 0 Å². The summed E-state index contributed by atoms with van der Waals surface area (Å²) in [7, 11) is 0. The lowest BCUT2D eigenvalue weighted by Gasteiger charge is -1.96. The lowest BCUT2D eigenvalue weighted by atomic mass is 10.7. The van der Waals surface area contributed by atoms with E-state index in [0.29, 0.717) is 5.65 Å². The molecule has 6 nitrogen and oxygen atoms in total. The van der Waals surface area contributed by atoms with Gasteiger partial charge in [0.2, 0.25) is 11.9 Å². The maximum absolute atomic E-state index is 5.47. The zero-order valence-electron chi connectivity index (χ0n) is 5.60. The maximum atomic E-state index is 5.47. The number of hydrogen-bond donors (Lipinski definition) is 2. The van der Waals surface area contributed by atoms with E-state index in [2.05, 4.69) is 15.1 Å². The van der Waals surface area contributed by atoms with Crippen LogP contribution in [0.25, 0.3) is 5.65 Å². The summed E-state index contributed by atoms with van der Waals surface area (Å²) >= 11 is 0. The highest BCUT2D eigenvalue weighted by Gasteiger charge is 2.00. The first-order chi connectivity index (χ1) is 5.27. The Labute approximate surface area is 61.9 Å². The molecule has 2 aromatic rings. The number of aromatic nitrogens is 4. The zero-order valence-corrected chi connectivity index (χ0v) is 5.60.